The van der Waals surface area contributed by atoms with Crippen molar-refractivity contribution in [3.05, 3.63) is 12.2 Å². The molecule has 0 radical (unpaired) electrons. The van der Waals surface area contributed by atoms with Gasteiger partial charge in [-0.05, 0) is 64.2 Å². The number of unbranched alkanes of at least 4 members (excludes halogenated alkanes) is 11. The number of allylic oxidation sites excluding steroid dienone is 2. The maximum Gasteiger partial charge on any atom is 0.305 e. The Morgan fingerprint density at radius 3 is 1.07 bits per heavy atom. The summed E-state index contributed by atoms with van der Waals surface area (Å²) in [4.78, 5) is 62.3. The van der Waals surface area contributed by atoms with E-state index in [0.29, 0.717) is 98.0 Å². The molecule has 0 saturated heterocycles. The average Bonchev–Trinajstić information content (AvgIpc) is 3.20. The van der Waals surface area contributed by atoms with Crippen molar-refractivity contribution in [2.45, 2.75) is 155 Å². The molecule has 0 saturated carbocycles. The van der Waals surface area contributed by atoms with Gasteiger partial charge in [-0.3, -0.25) is 24.0 Å². The topological polar surface area (TPSA) is 204 Å². The van der Waals surface area contributed by atoms with Crippen LogP contribution >= 0.6 is 0 Å². The first-order valence-corrected chi connectivity index (χ1v) is 23.0. The summed E-state index contributed by atoms with van der Waals surface area (Å²) in [5.41, 5.74) is 0. The second kappa shape index (κ2) is 42.6. The van der Waals surface area contributed by atoms with Crippen molar-refractivity contribution >= 4 is 29.8 Å². The lowest BCUT2D eigenvalue weighted by molar-refractivity contribution is -0.144. The Morgan fingerprint density at radius 1 is 0.383 bits per heavy atom. The van der Waals surface area contributed by atoms with Crippen molar-refractivity contribution in [3.63, 3.8) is 0 Å². The molecule has 0 aromatic carbocycles. The zero-order valence-corrected chi connectivity index (χ0v) is 37.2. The van der Waals surface area contributed by atoms with E-state index in [1.165, 1.54) is 57.8 Å². The molecule has 0 rings (SSSR count). The van der Waals surface area contributed by atoms with E-state index in [0.717, 1.165) is 58.2 Å². The summed E-state index contributed by atoms with van der Waals surface area (Å²) in [6.45, 7) is 9.32. The van der Waals surface area contributed by atoms with Crippen LogP contribution in [-0.2, 0) is 38.2 Å². The normalized spacial score (nSPS) is 11.7. The van der Waals surface area contributed by atoms with E-state index in [1.54, 1.807) is 0 Å². The largest absolute Gasteiger partial charge is 0.481 e. The number of carbonyl (C=O) groups excluding carboxylic acids is 1. The van der Waals surface area contributed by atoms with Crippen LogP contribution in [0.5, 0.6) is 0 Å². The first kappa shape index (κ1) is 56.9. The Hall–Kier alpha value is -3.11. The van der Waals surface area contributed by atoms with Crippen LogP contribution < -0.4 is 0 Å². The van der Waals surface area contributed by atoms with Gasteiger partial charge in [-0.15, -0.1) is 0 Å². The van der Waals surface area contributed by atoms with Crippen LogP contribution in [0.3, 0.4) is 0 Å². The number of ether oxygens (including phenoxy) is 3. The highest BCUT2D eigenvalue weighted by molar-refractivity contribution is 5.69. The van der Waals surface area contributed by atoms with Crippen LogP contribution in [0, 0.1) is 0 Å². The molecule has 0 aromatic rings. The van der Waals surface area contributed by atoms with E-state index in [4.69, 9.17) is 34.6 Å². The van der Waals surface area contributed by atoms with E-state index < -0.39 is 23.9 Å². The van der Waals surface area contributed by atoms with Gasteiger partial charge in [-0.2, -0.15) is 0 Å². The van der Waals surface area contributed by atoms with Crippen LogP contribution in [0.4, 0.5) is 0 Å². The molecule has 0 amide bonds. The molecule has 350 valence electrons. The molecule has 0 fully saturated rings. The van der Waals surface area contributed by atoms with Crippen molar-refractivity contribution in [3.8, 4) is 0 Å². The van der Waals surface area contributed by atoms with Gasteiger partial charge >= 0.3 is 29.8 Å². The maximum atomic E-state index is 12.4. The summed E-state index contributed by atoms with van der Waals surface area (Å²) >= 11 is 0. The first-order valence-electron chi connectivity index (χ1n) is 23.0. The van der Waals surface area contributed by atoms with Gasteiger partial charge in [0.05, 0.1) is 32.3 Å². The minimum absolute atomic E-state index is 0.0415. The van der Waals surface area contributed by atoms with Gasteiger partial charge < -0.3 is 49.3 Å². The van der Waals surface area contributed by atoms with Crippen molar-refractivity contribution in [2.75, 3.05) is 91.9 Å². The molecule has 0 aliphatic rings. The van der Waals surface area contributed by atoms with E-state index >= 15 is 0 Å². The highest BCUT2D eigenvalue weighted by atomic mass is 16.5. The minimum Gasteiger partial charge on any atom is -0.481 e. The minimum atomic E-state index is -0.916. The smallest absolute Gasteiger partial charge is 0.305 e. The molecule has 0 bridgehead atoms. The Balaban J connectivity index is 4.50. The highest BCUT2D eigenvalue weighted by Crippen LogP contribution is 2.11. The number of hydrogen-bond donors (Lipinski definition) is 4. The number of carboxylic acids is 4. The molecule has 0 heterocycles. The van der Waals surface area contributed by atoms with Gasteiger partial charge in [0.25, 0.3) is 0 Å². The lowest BCUT2D eigenvalue weighted by Crippen LogP contribution is -2.31. The number of carbonyl (C=O) groups is 5. The number of nitrogens with zero attached hydrogens (tertiary/aromatic N) is 3. The zero-order chi connectivity index (χ0) is 44.3. The Labute approximate surface area is 361 Å². The molecular weight excluding hydrogens is 775 g/mol. The first-order chi connectivity index (χ1) is 29.0. The highest BCUT2D eigenvalue weighted by Gasteiger charge is 2.12. The SMILES string of the molecule is CCCCCCCC/C=C\CCCCCCCC(=O)OCCCN(CCCOCCCN(CCC(=O)O)CCC(=O)O)CCCOCCCN(CCC(=O)O)CCC(=O)O. The summed E-state index contributed by atoms with van der Waals surface area (Å²) in [5, 5.41) is 36.0. The van der Waals surface area contributed by atoms with Crippen molar-refractivity contribution in [2.24, 2.45) is 0 Å². The summed E-state index contributed by atoms with van der Waals surface area (Å²) in [6, 6.07) is 0. The molecule has 0 spiro atoms. The van der Waals surface area contributed by atoms with Crippen molar-refractivity contribution < 1.29 is 58.6 Å². The standard InChI is InChI=1S/C45H83N3O12/c1-2-3-4-5-6-7-8-9-10-11-12-13-14-15-16-22-45(57)60-40-21-31-46(27-17-36-58-38-19-29-47(32-23-41(49)50)33-24-42(51)52)28-18-37-59-39-20-30-48(34-25-43(53)54)35-26-44(55)56/h9-10H,2-8,11-40H2,1H3,(H,49,50)(H,51,52)(H,53,54)(H,55,56)/b10-9-. The number of carboxylic acid groups (broad SMARTS) is 4. The number of hydrogen-bond acceptors (Lipinski definition) is 11. The maximum absolute atomic E-state index is 12.4. The number of esters is 1. The monoisotopic (exact) mass is 858 g/mol. The molecule has 4 N–H and O–H groups in total. The molecule has 0 aliphatic heterocycles. The third-order valence-corrected chi connectivity index (χ3v) is 10.1. The van der Waals surface area contributed by atoms with Crippen LogP contribution in [0.25, 0.3) is 0 Å². The molecule has 60 heavy (non-hydrogen) atoms. The van der Waals surface area contributed by atoms with Crippen LogP contribution in [0.1, 0.15) is 155 Å². The molecule has 15 heteroatoms. The van der Waals surface area contributed by atoms with Gasteiger partial charge in [0.15, 0.2) is 0 Å². The summed E-state index contributed by atoms with van der Waals surface area (Å²) in [7, 11) is 0. The molecular formula is C45H83N3O12. The van der Waals surface area contributed by atoms with E-state index in [1.807, 2.05) is 9.80 Å². The van der Waals surface area contributed by atoms with Crippen molar-refractivity contribution in [1.29, 1.82) is 0 Å². The molecule has 0 aromatic heterocycles. The van der Waals surface area contributed by atoms with Gasteiger partial charge in [0.1, 0.15) is 0 Å². The van der Waals surface area contributed by atoms with Crippen molar-refractivity contribution in [1.82, 2.24) is 14.7 Å². The Kier molecular flexibility index (Phi) is 40.4. The lowest BCUT2D eigenvalue weighted by atomic mass is 10.1. The second-order valence-electron chi connectivity index (χ2n) is 15.6. The number of rotatable bonds is 47. The van der Waals surface area contributed by atoms with E-state index in [9.17, 15) is 24.0 Å². The Morgan fingerprint density at radius 2 is 0.700 bits per heavy atom. The van der Waals surface area contributed by atoms with Gasteiger partial charge in [-0.1, -0.05) is 70.4 Å². The summed E-state index contributed by atoms with van der Waals surface area (Å²) < 4.78 is 17.2. The third kappa shape index (κ3) is 43.0. The predicted molar refractivity (Wildman–Crippen MR) is 233 cm³/mol. The second-order valence-corrected chi connectivity index (χ2v) is 15.6. The summed E-state index contributed by atoms with van der Waals surface area (Å²) in [6.07, 6.45) is 24.3. The lowest BCUT2D eigenvalue weighted by Gasteiger charge is -2.23. The zero-order valence-electron chi connectivity index (χ0n) is 37.2. The summed E-state index contributed by atoms with van der Waals surface area (Å²) in [5.74, 6) is -3.81. The van der Waals surface area contributed by atoms with Gasteiger partial charge in [0.2, 0.25) is 0 Å². The van der Waals surface area contributed by atoms with Crippen LogP contribution in [-0.4, -0.2) is 157 Å². The third-order valence-electron chi connectivity index (χ3n) is 10.1. The van der Waals surface area contributed by atoms with Crippen LogP contribution in [0.2, 0.25) is 0 Å². The number of aliphatic carboxylic acids is 4. The molecule has 0 aliphatic carbocycles. The van der Waals surface area contributed by atoms with E-state index in [2.05, 4.69) is 24.0 Å². The fourth-order valence-corrected chi connectivity index (χ4v) is 6.67. The average molecular weight is 858 g/mol. The molecule has 15 nitrogen and oxygen atoms in total. The van der Waals surface area contributed by atoms with Gasteiger partial charge in [0, 0.05) is 91.8 Å². The Bertz CT molecular complexity index is 1020. The molecule has 0 atom stereocenters. The quantitative estimate of drug-likeness (QED) is 0.0268. The molecule has 0 unspecified atom stereocenters. The predicted octanol–water partition coefficient (Wildman–Crippen LogP) is 7.36. The van der Waals surface area contributed by atoms with E-state index in [-0.39, 0.29) is 31.7 Å². The fraction of sp³-hybridized carbons (Fsp3) is 0.844. The van der Waals surface area contributed by atoms with Gasteiger partial charge in [-0.25, -0.2) is 0 Å². The fourth-order valence-electron chi connectivity index (χ4n) is 6.67. The van der Waals surface area contributed by atoms with Crippen LogP contribution in [0.15, 0.2) is 12.2 Å².